The molecule has 1 N–H and O–H groups in total. The molecule has 2 heterocycles. The standard InChI is InChI=1S/C18H25N5O3.ClH/c1-18(2)9-12(8-13(24)10-18)19-6-5-7-23-11-20-15-14(23)16(25)22(4)17(26)21(15)3;/h8,11,19H,5-7,9-10H2,1-4H3;1H. The summed E-state index contributed by atoms with van der Waals surface area (Å²) in [7, 11) is 3.08. The van der Waals surface area contributed by atoms with Gasteiger partial charge in [0.1, 0.15) is 0 Å². The Hall–Kier alpha value is -2.35. The second kappa shape index (κ2) is 7.72. The quantitative estimate of drug-likeness (QED) is 0.766. The molecule has 0 aromatic carbocycles. The first-order valence-corrected chi connectivity index (χ1v) is 8.78. The van der Waals surface area contributed by atoms with E-state index in [0.717, 1.165) is 23.1 Å². The molecule has 8 nitrogen and oxygen atoms in total. The third-order valence-electron chi connectivity index (χ3n) is 4.80. The number of hydrogen-bond acceptors (Lipinski definition) is 5. The smallest absolute Gasteiger partial charge is 0.332 e. The zero-order chi connectivity index (χ0) is 19.1. The molecule has 0 aliphatic heterocycles. The normalized spacial score (nSPS) is 16.1. The van der Waals surface area contributed by atoms with Gasteiger partial charge < -0.3 is 9.88 Å². The summed E-state index contributed by atoms with van der Waals surface area (Å²) in [5.74, 6) is 0.161. The molecule has 0 saturated heterocycles. The van der Waals surface area contributed by atoms with Crippen LogP contribution in [0.2, 0.25) is 0 Å². The molecular formula is C18H26ClN5O3. The number of fused-ring (bicyclic) bond motifs is 1. The number of carbonyl (C=O) groups excluding carboxylic acids is 1. The Morgan fingerprint density at radius 3 is 2.52 bits per heavy atom. The van der Waals surface area contributed by atoms with Crippen LogP contribution in [0.5, 0.6) is 0 Å². The second-order valence-electron chi connectivity index (χ2n) is 7.75. The van der Waals surface area contributed by atoms with Gasteiger partial charge >= 0.3 is 5.69 Å². The van der Waals surface area contributed by atoms with E-state index in [0.29, 0.717) is 30.7 Å². The van der Waals surface area contributed by atoms with Gasteiger partial charge in [0.25, 0.3) is 5.56 Å². The van der Waals surface area contributed by atoms with Gasteiger partial charge in [0.05, 0.1) is 6.33 Å². The number of halogens is 1. The van der Waals surface area contributed by atoms with Crippen molar-refractivity contribution in [1.29, 1.82) is 0 Å². The van der Waals surface area contributed by atoms with Gasteiger partial charge in [-0.2, -0.15) is 0 Å². The van der Waals surface area contributed by atoms with Crippen molar-refractivity contribution < 1.29 is 4.79 Å². The lowest BCUT2D eigenvalue weighted by Crippen LogP contribution is -2.37. The fourth-order valence-corrected chi connectivity index (χ4v) is 3.52. The van der Waals surface area contributed by atoms with E-state index in [1.165, 1.54) is 11.6 Å². The lowest BCUT2D eigenvalue weighted by molar-refractivity contribution is -0.117. The van der Waals surface area contributed by atoms with Crippen LogP contribution in [0.4, 0.5) is 0 Å². The van der Waals surface area contributed by atoms with Gasteiger partial charge in [0.2, 0.25) is 0 Å². The Labute approximate surface area is 163 Å². The molecule has 0 amide bonds. The number of hydrogen-bond donors (Lipinski definition) is 1. The molecule has 0 radical (unpaired) electrons. The molecule has 0 saturated carbocycles. The highest BCUT2D eigenvalue weighted by molar-refractivity contribution is 5.91. The van der Waals surface area contributed by atoms with Gasteiger partial charge in [0, 0.05) is 45.4 Å². The van der Waals surface area contributed by atoms with E-state index in [2.05, 4.69) is 24.1 Å². The highest BCUT2D eigenvalue weighted by Gasteiger charge is 2.27. The highest BCUT2D eigenvalue weighted by atomic mass is 35.5. The number of allylic oxidation sites excluding steroid dienone is 2. The van der Waals surface area contributed by atoms with E-state index >= 15 is 0 Å². The Morgan fingerprint density at radius 2 is 1.85 bits per heavy atom. The van der Waals surface area contributed by atoms with Crippen LogP contribution in [0.3, 0.4) is 0 Å². The summed E-state index contributed by atoms with van der Waals surface area (Å²) in [6.45, 7) is 5.48. The van der Waals surface area contributed by atoms with Crippen LogP contribution in [-0.2, 0) is 25.4 Å². The average molecular weight is 396 g/mol. The van der Waals surface area contributed by atoms with Crippen molar-refractivity contribution in [3.63, 3.8) is 0 Å². The first-order valence-electron chi connectivity index (χ1n) is 8.78. The first kappa shape index (κ1) is 21.0. The molecule has 1 aliphatic carbocycles. The van der Waals surface area contributed by atoms with E-state index < -0.39 is 0 Å². The summed E-state index contributed by atoms with van der Waals surface area (Å²) in [6.07, 6.45) is 5.50. The van der Waals surface area contributed by atoms with Crippen molar-refractivity contribution in [3.05, 3.63) is 38.9 Å². The maximum Gasteiger partial charge on any atom is 0.332 e. The summed E-state index contributed by atoms with van der Waals surface area (Å²) < 4.78 is 4.26. The molecule has 9 heteroatoms. The Bertz CT molecular complexity index is 1010. The SMILES string of the molecule is Cl.Cn1c(=O)c2c(ncn2CCCNC2=CC(=O)CC(C)(C)C2)n(C)c1=O. The Balaban J connectivity index is 0.00000261. The van der Waals surface area contributed by atoms with E-state index in [1.807, 2.05) is 0 Å². The largest absolute Gasteiger partial charge is 0.388 e. The van der Waals surface area contributed by atoms with Gasteiger partial charge in [0.15, 0.2) is 16.9 Å². The molecule has 2 aromatic heterocycles. The molecule has 0 unspecified atom stereocenters. The van der Waals surface area contributed by atoms with Crippen LogP contribution in [0.25, 0.3) is 11.2 Å². The van der Waals surface area contributed by atoms with Crippen molar-refractivity contribution >= 4 is 29.4 Å². The van der Waals surface area contributed by atoms with Gasteiger partial charge in [-0.05, 0) is 18.3 Å². The summed E-state index contributed by atoms with van der Waals surface area (Å²) in [5.41, 5.74) is 1.07. The van der Waals surface area contributed by atoms with E-state index in [-0.39, 0.29) is 34.9 Å². The monoisotopic (exact) mass is 395 g/mol. The van der Waals surface area contributed by atoms with Gasteiger partial charge in [-0.15, -0.1) is 12.4 Å². The van der Waals surface area contributed by atoms with E-state index in [1.54, 1.807) is 24.0 Å². The molecular weight excluding hydrogens is 370 g/mol. The predicted molar refractivity (Wildman–Crippen MR) is 106 cm³/mol. The fourth-order valence-electron chi connectivity index (χ4n) is 3.52. The zero-order valence-electron chi connectivity index (χ0n) is 16.1. The van der Waals surface area contributed by atoms with Crippen molar-refractivity contribution in [2.24, 2.45) is 19.5 Å². The van der Waals surface area contributed by atoms with Gasteiger partial charge in [-0.25, -0.2) is 9.78 Å². The minimum atomic E-state index is -0.383. The number of aromatic nitrogens is 4. The van der Waals surface area contributed by atoms with Crippen LogP contribution in [0.1, 0.15) is 33.1 Å². The van der Waals surface area contributed by atoms with Crippen molar-refractivity contribution in [2.45, 2.75) is 39.7 Å². The summed E-state index contributed by atoms with van der Waals surface area (Å²) in [4.78, 5) is 40.4. The van der Waals surface area contributed by atoms with Gasteiger partial charge in [-0.3, -0.25) is 18.7 Å². The number of rotatable bonds is 5. The van der Waals surface area contributed by atoms with Crippen molar-refractivity contribution in [2.75, 3.05) is 6.54 Å². The van der Waals surface area contributed by atoms with Crippen LogP contribution in [0.15, 0.2) is 27.7 Å². The van der Waals surface area contributed by atoms with E-state index in [4.69, 9.17) is 0 Å². The van der Waals surface area contributed by atoms with Crippen LogP contribution >= 0.6 is 12.4 Å². The topological polar surface area (TPSA) is 90.9 Å². The summed E-state index contributed by atoms with van der Waals surface area (Å²) in [6, 6.07) is 0. The van der Waals surface area contributed by atoms with Crippen molar-refractivity contribution in [3.8, 4) is 0 Å². The molecule has 27 heavy (non-hydrogen) atoms. The fraction of sp³-hybridized carbons (Fsp3) is 0.556. The number of imidazole rings is 1. The highest BCUT2D eigenvalue weighted by Crippen LogP contribution is 2.32. The number of nitrogens with one attached hydrogen (secondary N) is 1. The third-order valence-corrected chi connectivity index (χ3v) is 4.80. The van der Waals surface area contributed by atoms with Gasteiger partial charge in [-0.1, -0.05) is 13.8 Å². The first-order chi connectivity index (χ1) is 12.2. The summed E-state index contributed by atoms with van der Waals surface area (Å²) in [5, 5.41) is 3.33. The molecule has 0 atom stereocenters. The second-order valence-corrected chi connectivity index (χ2v) is 7.75. The number of nitrogens with zero attached hydrogens (tertiary/aromatic N) is 4. The zero-order valence-corrected chi connectivity index (χ0v) is 16.9. The Kier molecular flexibility index (Phi) is 5.99. The minimum Gasteiger partial charge on any atom is -0.388 e. The molecule has 0 fully saturated rings. The minimum absolute atomic E-state index is 0. The maximum atomic E-state index is 12.4. The molecule has 148 valence electrons. The molecule has 1 aliphatic rings. The third kappa shape index (κ3) is 4.16. The number of aryl methyl sites for hydroxylation is 2. The predicted octanol–water partition coefficient (Wildman–Crippen LogP) is 1.11. The molecule has 0 bridgehead atoms. The van der Waals surface area contributed by atoms with Crippen LogP contribution in [-0.4, -0.2) is 31.0 Å². The van der Waals surface area contributed by atoms with Crippen LogP contribution in [0, 0.1) is 5.41 Å². The number of carbonyl (C=O) groups is 1. The molecule has 0 spiro atoms. The maximum absolute atomic E-state index is 12.4. The Morgan fingerprint density at radius 1 is 1.15 bits per heavy atom. The lowest BCUT2D eigenvalue weighted by Gasteiger charge is -2.29. The summed E-state index contributed by atoms with van der Waals surface area (Å²) >= 11 is 0. The van der Waals surface area contributed by atoms with Crippen LogP contribution < -0.4 is 16.6 Å². The molecule has 2 aromatic rings. The lowest BCUT2D eigenvalue weighted by atomic mass is 9.79. The molecule has 3 rings (SSSR count). The number of ketones is 1. The average Bonchev–Trinajstić information content (AvgIpc) is 2.97. The van der Waals surface area contributed by atoms with Crippen molar-refractivity contribution in [1.82, 2.24) is 24.0 Å². The van der Waals surface area contributed by atoms with E-state index in [9.17, 15) is 14.4 Å².